The van der Waals surface area contributed by atoms with Crippen LogP contribution < -0.4 is 4.72 Å². The Kier molecular flexibility index (Phi) is 4.95. The first-order valence-corrected chi connectivity index (χ1v) is 8.92. The smallest absolute Gasteiger partial charge is 0.207 e. The predicted molar refractivity (Wildman–Crippen MR) is 90.8 cm³/mol. The zero-order valence-electron chi connectivity index (χ0n) is 13.1. The standard InChI is InChI=1S/C17H20ClNO2S/c1-11-9-12(2)17(13(3)10-11)22(20,21)19-14(4)15-5-7-16(18)8-6-15/h5-10,14,19H,1-4H3/t14-/m1/s1. The molecule has 22 heavy (non-hydrogen) atoms. The molecule has 0 saturated heterocycles. The Labute approximate surface area is 137 Å². The van der Waals surface area contributed by atoms with Crippen LogP contribution in [0.4, 0.5) is 0 Å². The zero-order chi connectivity index (χ0) is 16.5. The highest BCUT2D eigenvalue weighted by Gasteiger charge is 2.22. The molecule has 0 amide bonds. The molecule has 1 N–H and O–H groups in total. The van der Waals surface area contributed by atoms with E-state index in [-0.39, 0.29) is 6.04 Å². The van der Waals surface area contributed by atoms with E-state index in [1.54, 1.807) is 12.1 Å². The molecule has 0 fully saturated rings. The quantitative estimate of drug-likeness (QED) is 0.903. The van der Waals surface area contributed by atoms with Crippen LogP contribution in [0.15, 0.2) is 41.3 Å². The molecule has 0 unspecified atom stereocenters. The van der Waals surface area contributed by atoms with E-state index in [0.717, 1.165) is 22.3 Å². The van der Waals surface area contributed by atoms with Crippen LogP contribution in [0, 0.1) is 20.8 Å². The maximum absolute atomic E-state index is 12.7. The van der Waals surface area contributed by atoms with E-state index in [0.29, 0.717) is 9.92 Å². The van der Waals surface area contributed by atoms with E-state index < -0.39 is 10.0 Å². The largest absolute Gasteiger partial charge is 0.241 e. The maximum Gasteiger partial charge on any atom is 0.241 e. The van der Waals surface area contributed by atoms with Crippen molar-refractivity contribution in [3.8, 4) is 0 Å². The van der Waals surface area contributed by atoms with Gasteiger partial charge in [0.25, 0.3) is 0 Å². The third-order valence-corrected chi connectivity index (χ3v) is 5.67. The molecular formula is C17H20ClNO2S. The molecule has 2 aromatic carbocycles. The number of sulfonamides is 1. The zero-order valence-corrected chi connectivity index (χ0v) is 14.7. The normalized spacial score (nSPS) is 13.1. The van der Waals surface area contributed by atoms with Crippen LogP contribution >= 0.6 is 11.6 Å². The van der Waals surface area contributed by atoms with Gasteiger partial charge in [-0.25, -0.2) is 13.1 Å². The summed E-state index contributed by atoms with van der Waals surface area (Å²) in [5.74, 6) is 0. The molecule has 0 saturated carbocycles. The maximum atomic E-state index is 12.7. The van der Waals surface area contributed by atoms with Gasteiger partial charge < -0.3 is 0 Å². The van der Waals surface area contributed by atoms with Crippen molar-refractivity contribution in [3.05, 3.63) is 63.7 Å². The summed E-state index contributed by atoms with van der Waals surface area (Å²) < 4.78 is 28.1. The van der Waals surface area contributed by atoms with Crippen LogP contribution in [0.1, 0.15) is 35.2 Å². The minimum atomic E-state index is -3.58. The lowest BCUT2D eigenvalue weighted by Crippen LogP contribution is -2.28. The molecule has 0 heterocycles. The van der Waals surface area contributed by atoms with Crippen molar-refractivity contribution < 1.29 is 8.42 Å². The number of nitrogens with one attached hydrogen (secondary N) is 1. The second kappa shape index (κ2) is 6.41. The summed E-state index contributed by atoms with van der Waals surface area (Å²) in [7, 11) is -3.58. The summed E-state index contributed by atoms with van der Waals surface area (Å²) in [5.41, 5.74) is 3.44. The van der Waals surface area contributed by atoms with Gasteiger partial charge in [0.05, 0.1) is 4.90 Å². The summed E-state index contributed by atoms with van der Waals surface area (Å²) >= 11 is 5.86. The second-order valence-corrected chi connectivity index (χ2v) is 7.71. The molecular weight excluding hydrogens is 318 g/mol. The van der Waals surface area contributed by atoms with Crippen molar-refractivity contribution in [2.24, 2.45) is 0 Å². The van der Waals surface area contributed by atoms with Gasteiger partial charge in [-0.15, -0.1) is 0 Å². The molecule has 0 aliphatic rings. The van der Waals surface area contributed by atoms with Gasteiger partial charge in [0.1, 0.15) is 0 Å². The molecule has 5 heteroatoms. The van der Waals surface area contributed by atoms with Crippen LogP contribution in [0.5, 0.6) is 0 Å². The first-order valence-electron chi connectivity index (χ1n) is 7.06. The van der Waals surface area contributed by atoms with Crippen molar-refractivity contribution in [1.82, 2.24) is 4.72 Å². The predicted octanol–water partition coefficient (Wildman–Crippen LogP) is 4.30. The first-order chi connectivity index (χ1) is 10.2. The van der Waals surface area contributed by atoms with Crippen LogP contribution in [0.25, 0.3) is 0 Å². The van der Waals surface area contributed by atoms with Gasteiger partial charge in [-0.05, 0) is 56.5 Å². The summed E-state index contributed by atoms with van der Waals surface area (Å²) in [6.45, 7) is 7.42. The Balaban J connectivity index is 2.34. The summed E-state index contributed by atoms with van der Waals surface area (Å²) in [4.78, 5) is 0.360. The molecule has 3 nitrogen and oxygen atoms in total. The SMILES string of the molecule is Cc1cc(C)c(S(=O)(=O)N[C@H](C)c2ccc(Cl)cc2)c(C)c1. The number of hydrogen-bond donors (Lipinski definition) is 1. The molecule has 0 aliphatic carbocycles. The fourth-order valence-electron chi connectivity index (χ4n) is 2.70. The van der Waals surface area contributed by atoms with Crippen molar-refractivity contribution in [3.63, 3.8) is 0 Å². The molecule has 1 atom stereocenters. The van der Waals surface area contributed by atoms with E-state index in [1.165, 1.54) is 0 Å². The van der Waals surface area contributed by atoms with Gasteiger partial charge in [0.15, 0.2) is 0 Å². The summed E-state index contributed by atoms with van der Waals surface area (Å²) in [6, 6.07) is 10.6. The molecule has 0 aliphatic heterocycles. The average molecular weight is 338 g/mol. The molecule has 0 bridgehead atoms. The lowest BCUT2D eigenvalue weighted by Gasteiger charge is -2.18. The third kappa shape index (κ3) is 3.69. The minimum Gasteiger partial charge on any atom is -0.207 e. The van der Waals surface area contributed by atoms with Crippen molar-refractivity contribution in [2.45, 2.75) is 38.6 Å². The molecule has 0 radical (unpaired) electrons. The number of benzene rings is 2. The minimum absolute atomic E-state index is 0.331. The van der Waals surface area contributed by atoms with Crippen molar-refractivity contribution in [2.75, 3.05) is 0 Å². The fourth-order valence-corrected chi connectivity index (χ4v) is 4.51. The molecule has 118 valence electrons. The Morgan fingerprint density at radius 3 is 2.00 bits per heavy atom. The van der Waals surface area contributed by atoms with E-state index in [4.69, 9.17) is 11.6 Å². The van der Waals surface area contributed by atoms with Crippen LogP contribution in [0.2, 0.25) is 5.02 Å². The van der Waals surface area contributed by atoms with Crippen molar-refractivity contribution >= 4 is 21.6 Å². The second-order valence-electron chi connectivity index (χ2n) is 5.62. The van der Waals surface area contributed by atoms with E-state index in [9.17, 15) is 8.42 Å². The first kappa shape index (κ1) is 17.0. The van der Waals surface area contributed by atoms with Crippen LogP contribution in [0.3, 0.4) is 0 Å². The average Bonchev–Trinajstić information content (AvgIpc) is 2.36. The molecule has 2 aromatic rings. The fraction of sp³-hybridized carbons (Fsp3) is 0.294. The third-order valence-electron chi connectivity index (χ3n) is 3.58. The van der Waals surface area contributed by atoms with E-state index in [1.807, 2.05) is 52.0 Å². The lowest BCUT2D eigenvalue weighted by atomic mass is 10.1. The molecule has 0 spiro atoms. The highest BCUT2D eigenvalue weighted by molar-refractivity contribution is 7.89. The highest BCUT2D eigenvalue weighted by atomic mass is 35.5. The van der Waals surface area contributed by atoms with Gasteiger partial charge in [-0.2, -0.15) is 0 Å². The van der Waals surface area contributed by atoms with Crippen LogP contribution in [-0.2, 0) is 10.0 Å². The van der Waals surface area contributed by atoms with Gasteiger partial charge >= 0.3 is 0 Å². The number of aryl methyl sites for hydroxylation is 3. The Morgan fingerprint density at radius 1 is 1.00 bits per heavy atom. The molecule has 0 aromatic heterocycles. The number of rotatable bonds is 4. The lowest BCUT2D eigenvalue weighted by molar-refractivity contribution is 0.565. The van der Waals surface area contributed by atoms with Gasteiger partial charge in [0.2, 0.25) is 10.0 Å². The van der Waals surface area contributed by atoms with Gasteiger partial charge in [0, 0.05) is 11.1 Å². The van der Waals surface area contributed by atoms with Crippen molar-refractivity contribution in [1.29, 1.82) is 0 Å². The van der Waals surface area contributed by atoms with Crippen LogP contribution in [-0.4, -0.2) is 8.42 Å². The van der Waals surface area contributed by atoms with E-state index in [2.05, 4.69) is 4.72 Å². The summed E-state index contributed by atoms with van der Waals surface area (Å²) in [6.07, 6.45) is 0. The topological polar surface area (TPSA) is 46.2 Å². The van der Waals surface area contributed by atoms with Gasteiger partial charge in [-0.1, -0.05) is 41.4 Å². The Bertz CT molecular complexity index is 760. The van der Waals surface area contributed by atoms with E-state index >= 15 is 0 Å². The monoisotopic (exact) mass is 337 g/mol. The number of halogens is 1. The highest BCUT2D eigenvalue weighted by Crippen LogP contribution is 2.24. The Morgan fingerprint density at radius 2 is 1.50 bits per heavy atom. The Hall–Kier alpha value is -1.36. The summed E-state index contributed by atoms with van der Waals surface area (Å²) in [5, 5.41) is 0.629. The number of hydrogen-bond acceptors (Lipinski definition) is 2. The molecule has 2 rings (SSSR count). The van der Waals surface area contributed by atoms with Gasteiger partial charge in [-0.3, -0.25) is 0 Å².